The number of para-hydroxylation sites is 1. The fourth-order valence-corrected chi connectivity index (χ4v) is 3.22. The number of amides is 1. The molecule has 2 aromatic rings. The molecule has 0 saturated heterocycles. The maximum atomic E-state index is 12.7. The van der Waals surface area contributed by atoms with Crippen molar-refractivity contribution in [2.75, 3.05) is 25.7 Å². The number of ether oxygens (including phenoxy) is 2. The first kappa shape index (κ1) is 16.4. The molecule has 2 aromatic carbocycles. The summed E-state index contributed by atoms with van der Waals surface area (Å²) < 4.78 is 10.6. The second-order valence-corrected chi connectivity index (χ2v) is 5.97. The van der Waals surface area contributed by atoms with Crippen molar-refractivity contribution in [1.82, 2.24) is 0 Å². The van der Waals surface area contributed by atoms with Crippen LogP contribution < -0.4 is 14.4 Å². The van der Waals surface area contributed by atoms with Gasteiger partial charge in [0.1, 0.15) is 0 Å². The van der Waals surface area contributed by atoms with Gasteiger partial charge in [-0.2, -0.15) is 0 Å². The van der Waals surface area contributed by atoms with Crippen molar-refractivity contribution in [2.45, 2.75) is 25.7 Å². The van der Waals surface area contributed by atoms with Crippen LogP contribution in [0.4, 0.5) is 5.69 Å². The van der Waals surface area contributed by atoms with Crippen molar-refractivity contribution < 1.29 is 14.3 Å². The zero-order valence-corrected chi connectivity index (χ0v) is 14.2. The van der Waals surface area contributed by atoms with Gasteiger partial charge >= 0.3 is 0 Å². The van der Waals surface area contributed by atoms with Gasteiger partial charge in [0, 0.05) is 18.7 Å². The number of methoxy groups -OCH3 is 2. The van der Waals surface area contributed by atoms with E-state index in [1.807, 2.05) is 41.3 Å². The molecule has 0 atom stereocenters. The smallest absolute Gasteiger partial charge is 0.227 e. The average molecular weight is 325 g/mol. The van der Waals surface area contributed by atoms with E-state index in [0.717, 1.165) is 30.6 Å². The molecule has 0 saturated carbocycles. The normalized spacial score (nSPS) is 13.3. The number of aryl methyl sites for hydroxylation is 2. The molecule has 24 heavy (non-hydrogen) atoms. The van der Waals surface area contributed by atoms with Gasteiger partial charge in [-0.1, -0.05) is 24.3 Å². The van der Waals surface area contributed by atoms with Gasteiger partial charge in [0.25, 0.3) is 0 Å². The molecule has 0 aliphatic carbocycles. The van der Waals surface area contributed by atoms with Crippen LogP contribution in [0, 0.1) is 0 Å². The molecule has 0 unspecified atom stereocenters. The van der Waals surface area contributed by atoms with Gasteiger partial charge in [0.15, 0.2) is 11.5 Å². The third-order valence-electron chi connectivity index (χ3n) is 4.49. The Labute approximate surface area is 143 Å². The molecule has 4 heteroatoms. The van der Waals surface area contributed by atoms with Crippen LogP contribution in [0.2, 0.25) is 0 Å². The number of rotatable bonds is 5. The Balaban J connectivity index is 1.68. The Morgan fingerprint density at radius 2 is 1.88 bits per heavy atom. The summed E-state index contributed by atoms with van der Waals surface area (Å²) in [5.41, 5.74) is 3.41. The van der Waals surface area contributed by atoms with E-state index in [1.54, 1.807) is 14.2 Å². The summed E-state index contributed by atoms with van der Waals surface area (Å²) in [6.45, 7) is 0.807. The zero-order valence-electron chi connectivity index (χ0n) is 14.2. The molecule has 0 radical (unpaired) electrons. The lowest BCUT2D eigenvalue weighted by molar-refractivity contribution is -0.118. The molecule has 0 aromatic heterocycles. The van der Waals surface area contributed by atoms with Crippen molar-refractivity contribution in [3.8, 4) is 11.5 Å². The maximum Gasteiger partial charge on any atom is 0.227 e. The minimum Gasteiger partial charge on any atom is -0.493 e. The SMILES string of the molecule is COc1ccc(CCC(=O)N2CCCc3ccccc32)cc1OC. The topological polar surface area (TPSA) is 38.8 Å². The number of hydrogen-bond acceptors (Lipinski definition) is 3. The number of anilines is 1. The highest BCUT2D eigenvalue weighted by molar-refractivity contribution is 5.94. The van der Waals surface area contributed by atoms with Crippen LogP contribution in [0.5, 0.6) is 11.5 Å². The summed E-state index contributed by atoms with van der Waals surface area (Å²) in [5, 5.41) is 0. The molecular formula is C20H23NO3. The molecule has 0 bridgehead atoms. The second-order valence-electron chi connectivity index (χ2n) is 5.97. The molecule has 126 valence electrons. The number of hydrogen-bond donors (Lipinski definition) is 0. The van der Waals surface area contributed by atoms with E-state index in [9.17, 15) is 4.79 Å². The summed E-state index contributed by atoms with van der Waals surface area (Å²) in [4.78, 5) is 14.6. The quantitative estimate of drug-likeness (QED) is 0.843. The van der Waals surface area contributed by atoms with Crippen molar-refractivity contribution >= 4 is 11.6 Å². The fraction of sp³-hybridized carbons (Fsp3) is 0.350. The van der Waals surface area contributed by atoms with Crippen LogP contribution in [0.15, 0.2) is 42.5 Å². The van der Waals surface area contributed by atoms with E-state index in [4.69, 9.17) is 9.47 Å². The van der Waals surface area contributed by atoms with Gasteiger partial charge in [-0.25, -0.2) is 0 Å². The van der Waals surface area contributed by atoms with Crippen LogP contribution in [-0.4, -0.2) is 26.7 Å². The van der Waals surface area contributed by atoms with E-state index in [1.165, 1.54) is 5.56 Å². The Kier molecular flexibility index (Phi) is 5.04. The van der Waals surface area contributed by atoms with Crippen LogP contribution in [-0.2, 0) is 17.6 Å². The lowest BCUT2D eigenvalue weighted by Gasteiger charge is -2.29. The van der Waals surface area contributed by atoms with Gasteiger partial charge in [0.05, 0.1) is 14.2 Å². The van der Waals surface area contributed by atoms with Crippen LogP contribution in [0.3, 0.4) is 0 Å². The summed E-state index contributed by atoms with van der Waals surface area (Å²) in [6.07, 6.45) is 3.26. The monoisotopic (exact) mass is 325 g/mol. The average Bonchev–Trinajstić information content (AvgIpc) is 2.65. The fourth-order valence-electron chi connectivity index (χ4n) is 3.22. The molecule has 3 rings (SSSR count). The highest BCUT2D eigenvalue weighted by Crippen LogP contribution is 2.29. The van der Waals surface area contributed by atoms with Crippen molar-refractivity contribution in [2.24, 2.45) is 0 Å². The molecule has 1 heterocycles. The highest BCUT2D eigenvalue weighted by Gasteiger charge is 2.21. The Bertz CT molecular complexity index is 727. The first-order chi connectivity index (χ1) is 11.7. The molecule has 1 amide bonds. The lowest BCUT2D eigenvalue weighted by atomic mass is 10.0. The third kappa shape index (κ3) is 3.37. The summed E-state index contributed by atoms with van der Waals surface area (Å²) in [5.74, 6) is 1.58. The lowest BCUT2D eigenvalue weighted by Crippen LogP contribution is -2.35. The van der Waals surface area contributed by atoms with E-state index in [-0.39, 0.29) is 5.91 Å². The standard InChI is InChI=1S/C20H23NO3/c1-23-18-11-9-15(14-19(18)24-2)10-12-20(22)21-13-5-7-16-6-3-4-8-17(16)21/h3-4,6,8-9,11,14H,5,7,10,12-13H2,1-2H3. The minimum atomic E-state index is 0.178. The van der Waals surface area contributed by atoms with E-state index in [2.05, 4.69) is 6.07 Å². The number of nitrogens with zero attached hydrogens (tertiary/aromatic N) is 1. The van der Waals surface area contributed by atoms with E-state index in [0.29, 0.717) is 24.3 Å². The maximum absolute atomic E-state index is 12.7. The first-order valence-electron chi connectivity index (χ1n) is 8.32. The molecule has 4 nitrogen and oxygen atoms in total. The van der Waals surface area contributed by atoms with Gasteiger partial charge < -0.3 is 14.4 Å². The number of benzene rings is 2. The highest BCUT2D eigenvalue weighted by atomic mass is 16.5. The first-order valence-corrected chi connectivity index (χ1v) is 8.32. The summed E-state index contributed by atoms with van der Waals surface area (Å²) >= 11 is 0. The van der Waals surface area contributed by atoms with Crippen LogP contribution >= 0.6 is 0 Å². The van der Waals surface area contributed by atoms with E-state index < -0.39 is 0 Å². The Morgan fingerprint density at radius 1 is 1.08 bits per heavy atom. The Morgan fingerprint density at radius 3 is 2.67 bits per heavy atom. The van der Waals surface area contributed by atoms with Gasteiger partial charge in [-0.05, 0) is 48.6 Å². The minimum absolute atomic E-state index is 0.178. The van der Waals surface area contributed by atoms with Crippen LogP contribution in [0.25, 0.3) is 0 Å². The second kappa shape index (κ2) is 7.39. The van der Waals surface area contributed by atoms with Crippen molar-refractivity contribution in [3.63, 3.8) is 0 Å². The number of fused-ring (bicyclic) bond motifs is 1. The molecule has 1 aliphatic rings. The predicted octanol–water partition coefficient (Wildman–Crippen LogP) is 3.62. The molecule has 0 fully saturated rings. The Hall–Kier alpha value is -2.49. The third-order valence-corrected chi connectivity index (χ3v) is 4.49. The zero-order chi connectivity index (χ0) is 16.9. The van der Waals surface area contributed by atoms with E-state index >= 15 is 0 Å². The summed E-state index contributed by atoms with van der Waals surface area (Å²) in [7, 11) is 3.24. The molecule has 1 aliphatic heterocycles. The predicted molar refractivity (Wildman–Crippen MR) is 95.0 cm³/mol. The molecule has 0 N–H and O–H groups in total. The van der Waals surface area contributed by atoms with Gasteiger partial charge in [-0.3, -0.25) is 4.79 Å². The number of carbonyl (C=O) groups excluding carboxylic acids is 1. The summed E-state index contributed by atoms with van der Waals surface area (Å²) in [6, 6.07) is 14.0. The van der Waals surface area contributed by atoms with Crippen LogP contribution in [0.1, 0.15) is 24.0 Å². The van der Waals surface area contributed by atoms with Crippen molar-refractivity contribution in [1.29, 1.82) is 0 Å². The number of carbonyl (C=O) groups is 1. The molecular weight excluding hydrogens is 302 g/mol. The van der Waals surface area contributed by atoms with Crippen molar-refractivity contribution in [3.05, 3.63) is 53.6 Å². The largest absolute Gasteiger partial charge is 0.493 e. The van der Waals surface area contributed by atoms with Gasteiger partial charge in [-0.15, -0.1) is 0 Å². The van der Waals surface area contributed by atoms with Gasteiger partial charge in [0.2, 0.25) is 5.91 Å². The molecule has 0 spiro atoms.